The molecule has 0 atom stereocenters. The van der Waals surface area contributed by atoms with Crippen molar-refractivity contribution in [3.63, 3.8) is 0 Å². The fourth-order valence-corrected chi connectivity index (χ4v) is 2.72. The third kappa shape index (κ3) is 2.77. The van der Waals surface area contributed by atoms with Crippen molar-refractivity contribution in [1.82, 2.24) is 9.97 Å². The number of nitrogens with one attached hydrogen (secondary N) is 1. The van der Waals surface area contributed by atoms with Crippen molar-refractivity contribution in [2.75, 3.05) is 12.4 Å². The van der Waals surface area contributed by atoms with Gasteiger partial charge < -0.3 is 15.2 Å². The van der Waals surface area contributed by atoms with Gasteiger partial charge in [-0.3, -0.25) is 0 Å². The third-order valence-electron chi connectivity index (χ3n) is 2.83. The van der Waals surface area contributed by atoms with Crippen LogP contribution >= 0.6 is 11.3 Å². The second-order valence-corrected chi connectivity index (χ2v) is 5.25. The number of benzene rings is 1. The maximum absolute atomic E-state index is 10.7. The number of aromatic carboxylic acids is 1. The summed E-state index contributed by atoms with van der Waals surface area (Å²) < 4.78 is 6.18. The average Bonchev–Trinajstić information content (AvgIpc) is 2.88. The van der Waals surface area contributed by atoms with E-state index in [4.69, 9.17) is 9.84 Å². The molecule has 2 N–H and O–H groups in total. The molecule has 0 aliphatic heterocycles. The van der Waals surface area contributed by atoms with Gasteiger partial charge in [-0.2, -0.15) is 0 Å². The molecular weight excluding hydrogens is 290 g/mol. The maximum Gasteiger partial charge on any atom is 0.354 e. The summed E-state index contributed by atoms with van der Waals surface area (Å²) in [5.41, 5.74) is 1.57. The molecule has 3 aromatic rings. The van der Waals surface area contributed by atoms with E-state index in [-0.39, 0.29) is 5.69 Å². The minimum Gasteiger partial charge on any atom is -0.497 e. The molecule has 0 saturated carbocycles. The van der Waals surface area contributed by atoms with Crippen LogP contribution in [0.3, 0.4) is 0 Å². The summed E-state index contributed by atoms with van der Waals surface area (Å²) in [6.07, 6.45) is 1.47. The van der Waals surface area contributed by atoms with Crippen LogP contribution in [0.1, 0.15) is 10.5 Å². The smallest absolute Gasteiger partial charge is 0.354 e. The van der Waals surface area contributed by atoms with Gasteiger partial charge in [-0.25, -0.2) is 14.8 Å². The van der Waals surface area contributed by atoms with E-state index in [1.807, 2.05) is 18.2 Å². The summed E-state index contributed by atoms with van der Waals surface area (Å²) in [7, 11) is 1.62. The van der Waals surface area contributed by atoms with Gasteiger partial charge in [-0.1, -0.05) is 11.3 Å². The number of aromatic nitrogens is 2. The number of carbonyl (C=O) groups is 1. The Morgan fingerprint density at radius 3 is 2.86 bits per heavy atom. The van der Waals surface area contributed by atoms with Crippen LogP contribution < -0.4 is 10.1 Å². The van der Waals surface area contributed by atoms with Gasteiger partial charge in [0.2, 0.25) is 0 Å². The van der Waals surface area contributed by atoms with Crippen LogP contribution in [0.15, 0.2) is 36.5 Å². The van der Waals surface area contributed by atoms with Gasteiger partial charge in [0.25, 0.3) is 0 Å². The molecule has 0 spiro atoms. The molecule has 2 aromatic heterocycles. The van der Waals surface area contributed by atoms with E-state index in [1.54, 1.807) is 13.2 Å². The van der Waals surface area contributed by atoms with E-state index in [1.165, 1.54) is 23.6 Å². The first-order valence-corrected chi connectivity index (χ1v) is 6.88. The molecule has 21 heavy (non-hydrogen) atoms. The normalized spacial score (nSPS) is 10.5. The predicted octanol–water partition coefficient (Wildman–Crippen LogP) is 3.14. The molecule has 0 amide bonds. The van der Waals surface area contributed by atoms with E-state index in [0.29, 0.717) is 10.8 Å². The number of carboxylic acids is 1. The van der Waals surface area contributed by atoms with E-state index in [9.17, 15) is 4.79 Å². The van der Waals surface area contributed by atoms with Crippen LogP contribution in [0.4, 0.5) is 10.8 Å². The van der Waals surface area contributed by atoms with Gasteiger partial charge in [0.15, 0.2) is 5.13 Å². The van der Waals surface area contributed by atoms with Crippen LogP contribution in [0.2, 0.25) is 0 Å². The summed E-state index contributed by atoms with van der Waals surface area (Å²) in [5, 5.41) is 12.6. The number of ether oxygens (including phenoxy) is 1. The minimum atomic E-state index is -1.05. The molecule has 7 heteroatoms. The molecule has 0 saturated heterocycles. The molecule has 6 nitrogen and oxygen atoms in total. The number of hydrogen-bond donors (Lipinski definition) is 2. The fourth-order valence-electron chi connectivity index (χ4n) is 1.80. The highest BCUT2D eigenvalue weighted by Gasteiger charge is 2.07. The maximum atomic E-state index is 10.7. The Bertz CT molecular complexity index is 799. The first kappa shape index (κ1) is 13.3. The number of methoxy groups -OCH3 is 1. The Morgan fingerprint density at radius 2 is 2.19 bits per heavy atom. The first-order chi connectivity index (χ1) is 10.2. The number of hydrogen-bond acceptors (Lipinski definition) is 6. The quantitative estimate of drug-likeness (QED) is 0.770. The van der Waals surface area contributed by atoms with Crippen LogP contribution in [0.5, 0.6) is 5.75 Å². The number of pyridine rings is 1. The van der Waals surface area contributed by atoms with E-state index < -0.39 is 5.97 Å². The Morgan fingerprint density at radius 1 is 1.33 bits per heavy atom. The van der Waals surface area contributed by atoms with Gasteiger partial charge in [0.05, 0.1) is 29.2 Å². The zero-order valence-corrected chi connectivity index (χ0v) is 11.8. The Balaban J connectivity index is 1.85. The van der Waals surface area contributed by atoms with Crippen molar-refractivity contribution >= 4 is 38.3 Å². The molecule has 3 rings (SSSR count). The molecule has 106 valence electrons. The molecule has 0 bridgehead atoms. The van der Waals surface area contributed by atoms with Crippen molar-refractivity contribution < 1.29 is 14.6 Å². The van der Waals surface area contributed by atoms with E-state index >= 15 is 0 Å². The van der Waals surface area contributed by atoms with Gasteiger partial charge in [-0.05, 0) is 30.3 Å². The number of fused-ring (bicyclic) bond motifs is 1. The van der Waals surface area contributed by atoms with E-state index in [2.05, 4.69) is 15.3 Å². The van der Waals surface area contributed by atoms with Gasteiger partial charge in [0, 0.05) is 0 Å². The topological polar surface area (TPSA) is 84.3 Å². The fraction of sp³-hybridized carbons (Fsp3) is 0.0714. The first-order valence-electron chi connectivity index (χ1n) is 6.06. The van der Waals surface area contributed by atoms with Crippen molar-refractivity contribution in [2.45, 2.75) is 0 Å². The Kier molecular flexibility index (Phi) is 3.41. The van der Waals surface area contributed by atoms with Crippen LogP contribution in [-0.4, -0.2) is 28.2 Å². The van der Waals surface area contributed by atoms with Crippen LogP contribution in [-0.2, 0) is 0 Å². The zero-order chi connectivity index (χ0) is 14.8. The minimum absolute atomic E-state index is 0.00888. The molecular formula is C14H11N3O3S. The van der Waals surface area contributed by atoms with E-state index in [0.717, 1.165) is 16.0 Å². The number of nitrogens with zero attached hydrogens (tertiary/aromatic N) is 2. The van der Waals surface area contributed by atoms with Crippen molar-refractivity contribution in [3.05, 3.63) is 42.2 Å². The Labute approximate surface area is 124 Å². The lowest BCUT2D eigenvalue weighted by Gasteiger charge is -2.01. The summed E-state index contributed by atoms with van der Waals surface area (Å²) in [6, 6.07) is 8.77. The van der Waals surface area contributed by atoms with Crippen LogP contribution in [0, 0.1) is 0 Å². The van der Waals surface area contributed by atoms with Crippen molar-refractivity contribution in [1.29, 1.82) is 0 Å². The third-order valence-corrected chi connectivity index (χ3v) is 3.76. The molecule has 0 aliphatic carbocycles. The summed E-state index contributed by atoms with van der Waals surface area (Å²) in [5.74, 6) is -0.265. The number of anilines is 2. The standard InChI is InChI=1S/C14H11N3O3S/c1-20-9-3-5-10-12(6-9)21-14(17-10)16-8-2-4-11(13(18)19)15-7-8/h2-7H,1H3,(H,16,17)(H,18,19). The zero-order valence-electron chi connectivity index (χ0n) is 11.0. The summed E-state index contributed by atoms with van der Waals surface area (Å²) in [6.45, 7) is 0. The molecule has 0 unspecified atom stereocenters. The highest BCUT2D eigenvalue weighted by molar-refractivity contribution is 7.22. The highest BCUT2D eigenvalue weighted by atomic mass is 32.1. The molecule has 0 aliphatic rings. The summed E-state index contributed by atoms with van der Waals surface area (Å²) in [4.78, 5) is 19.0. The number of carboxylic acid groups (broad SMARTS) is 1. The molecule has 0 radical (unpaired) electrons. The lowest BCUT2D eigenvalue weighted by Crippen LogP contribution is -2.00. The summed E-state index contributed by atoms with van der Waals surface area (Å²) >= 11 is 1.49. The number of rotatable bonds is 4. The SMILES string of the molecule is COc1ccc2nc(Nc3ccc(C(=O)O)nc3)sc2c1. The number of thiazole rings is 1. The molecule has 0 fully saturated rings. The predicted molar refractivity (Wildman–Crippen MR) is 80.7 cm³/mol. The average molecular weight is 301 g/mol. The van der Waals surface area contributed by atoms with Crippen LogP contribution in [0.25, 0.3) is 10.2 Å². The molecule has 1 aromatic carbocycles. The lowest BCUT2D eigenvalue weighted by molar-refractivity contribution is 0.0690. The van der Waals surface area contributed by atoms with Gasteiger partial charge >= 0.3 is 5.97 Å². The van der Waals surface area contributed by atoms with Crippen molar-refractivity contribution in [3.8, 4) is 5.75 Å². The highest BCUT2D eigenvalue weighted by Crippen LogP contribution is 2.30. The molecule has 2 heterocycles. The largest absolute Gasteiger partial charge is 0.497 e. The lowest BCUT2D eigenvalue weighted by atomic mass is 10.3. The van der Waals surface area contributed by atoms with Gasteiger partial charge in [0.1, 0.15) is 11.4 Å². The van der Waals surface area contributed by atoms with Gasteiger partial charge in [-0.15, -0.1) is 0 Å². The monoisotopic (exact) mass is 301 g/mol. The second-order valence-electron chi connectivity index (χ2n) is 4.21. The Hall–Kier alpha value is -2.67. The van der Waals surface area contributed by atoms with Crippen molar-refractivity contribution in [2.24, 2.45) is 0 Å². The second kappa shape index (κ2) is 5.37.